The van der Waals surface area contributed by atoms with Crippen LogP contribution in [0.1, 0.15) is 36.1 Å². The van der Waals surface area contributed by atoms with Crippen molar-refractivity contribution in [2.45, 2.75) is 25.9 Å². The van der Waals surface area contributed by atoms with Gasteiger partial charge in [0.25, 0.3) is 0 Å². The van der Waals surface area contributed by atoms with Gasteiger partial charge in [-0.25, -0.2) is 0 Å². The van der Waals surface area contributed by atoms with Crippen LogP contribution >= 0.6 is 0 Å². The minimum atomic E-state index is -0.226. The first-order chi connectivity index (χ1) is 14.1. The number of rotatable bonds is 4. The van der Waals surface area contributed by atoms with Gasteiger partial charge in [-0.05, 0) is 17.2 Å². The summed E-state index contributed by atoms with van der Waals surface area (Å²) >= 11 is 0. The highest BCUT2D eigenvalue weighted by molar-refractivity contribution is 5.82. The third-order valence-corrected chi connectivity index (χ3v) is 5.96. The molecule has 2 aromatic carbocycles. The topological polar surface area (TPSA) is 45.1 Å². The molecule has 1 atom stereocenters. The molecular weight excluding hydrogens is 362 g/mol. The van der Waals surface area contributed by atoms with E-state index in [0.29, 0.717) is 6.42 Å². The van der Waals surface area contributed by atoms with Crippen LogP contribution in [0, 0.1) is 0 Å². The molecule has 2 heterocycles. The average Bonchev–Trinajstić information content (AvgIpc) is 2.75. The minimum absolute atomic E-state index is 0.0364. The number of quaternary nitrogens is 1. The van der Waals surface area contributed by atoms with Crippen molar-refractivity contribution >= 4 is 17.9 Å². The highest BCUT2D eigenvalue weighted by Gasteiger charge is 2.31. The van der Waals surface area contributed by atoms with Crippen LogP contribution in [0.15, 0.2) is 60.8 Å². The maximum absolute atomic E-state index is 13.1. The Hall–Kier alpha value is -2.92. The first kappa shape index (κ1) is 19.4. The molecule has 2 amide bonds. The van der Waals surface area contributed by atoms with Gasteiger partial charge in [-0.15, -0.1) is 0 Å². The van der Waals surface area contributed by atoms with Gasteiger partial charge in [0.05, 0.1) is 38.6 Å². The van der Waals surface area contributed by atoms with E-state index in [4.69, 9.17) is 0 Å². The molecule has 2 aliphatic rings. The van der Waals surface area contributed by atoms with Crippen molar-refractivity contribution in [2.75, 3.05) is 26.2 Å². The predicted molar refractivity (Wildman–Crippen MR) is 113 cm³/mol. The molecule has 0 saturated carbocycles. The predicted octanol–water partition coefficient (Wildman–Crippen LogP) is 1.88. The van der Waals surface area contributed by atoms with Crippen LogP contribution in [-0.2, 0) is 16.1 Å². The Morgan fingerprint density at radius 2 is 1.69 bits per heavy atom. The van der Waals surface area contributed by atoms with E-state index < -0.39 is 0 Å². The number of nitrogens with zero attached hydrogens (tertiary/aromatic N) is 2. The number of nitrogens with one attached hydrogen (secondary N) is 1. The van der Waals surface area contributed by atoms with E-state index in [1.54, 1.807) is 11.8 Å². The SMILES string of the molecule is CC(=O)N1C=Cc2ccccc2[C@@H]1CC(=O)N1CC[NH+](Cc2ccccc2)CC1. The molecule has 2 aromatic rings. The molecule has 5 heteroatoms. The second-order valence-electron chi connectivity index (χ2n) is 7.88. The largest absolute Gasteiger partial charge is 0.331 e. The summed E-state index contributed by atoms with van der Waals surface area (Å²) in [4.78, 5) is 30.4. The monoisotopic (exact) mass is 390 g/mol. The van der Waals surface area contributed by atoms with E-state index in [1.807, 2.05) is 47.5 Å². The van der Waals surface area contributed by atoms with E-state index >= 15 is 0 Å². The lowest BCUT2D eigenvalue weighted by Crippen LogP contribution is -3.13. The van der Waals surface area contributed by atoms with Crippen LogP contribution in [0.25, 0.3) is 6.08 Å². The zero-order chi connectivity index (χ0) is 20.2. The maximum Gasteiger partial charge on any atom is 0.225 e. The fourth-order valence-electron chi connectivity index (χ4n) is 4.34. The quantitative estimate of drug-likeness (QED) is 0.866. The lowest BCUT2D eigenvalue weighted by Gasteiger charge is -2.36. The van der Waals surface area contributed by atoms with Crippen molar-refractivity contribution in [3.63, 3.8) is 0 Å². The molecule has 5 nitrogen and oxygen atoms in total. The zero-order valence-electron chi connectivity index (χ0n) is 16.9. The van der Waals surface area contributed by atoms with Crippen molar-refractivity contribution < 1.29 is 14.5 Å². The average molecular weight is 391 g/mol. The van der Waals surface area contributed by atoms with Gasteiger partial charge in [0.2, 0.25) is 11.8 Å². The normalized spacial score (nSPS) is 19.1. The molecule has 0 radical (unpaired) electrons. The van der Waals surface area contributed by atoms with E-state index in [0.717, 1.165) is 43.9 Å². The first-order valence-corrected chi connectivity index (χ1v) is 10.3. The summed E-state index contributed by atoms with van der Waals surface area (Å²) in [7, 11) is 0. The molecule has 2 aliphatic heterocycles. The summed E-state index contributed by atoms with van der Waals surface area (Å²) in [6, 6.07) is 18.3. The number of piperazine rings is 1. The van der Waals surface area contributed by atoms with Crippen molar-refractivity contribution in [1.82, 2.24) is 9.80 Å². The zero-order valence-corrected chi connectivity index (χ0v) is 16.9. The number of benzene rings is 2. The number of hydrogen-bond acceptors (Lipinski definition) is 2. The fraction of sp³-hybridized carbons (Fsp3) is 0.333. The summed E-state index contributed by atoms with van der Waals surface area (Å²) in [6.45, 7) is 6.01. The Kier molecular flexibility index (Phi) is 5.76. The van der Waals surface area contributed by atoms with Crippen molar-refractivity contribution in [3.8, 4) is 0 Å². The molecule has 150 valence electrons. The van der Waals surface area contributed by atoms with Crippen LogP contribution in [0.5, 0.6) is 0 Å². The molecule has 0 aliphatic carbocycles. The molecule has 0 spiro atoms. The molecule has 0 bridgehead atoms. The minimum Gasteiger partial charge on any atom is -0.331 e. The second kappa shape index (κ2) is 8.62. The second-order valence-corrected chi connectivity index (χ2v) is 7.88. The number of amides is 2. The highest BCUT2D eigenvalue weighted by Crippen LogP contribution is 2.33. The van der Waals surface area contributed by atoms with Crippen LogP contribution in [0.4, 0.5) is 0 Å². The number of fused-ring (bicyclic) bond motifs is 1. The summed E-state index contributed by atoms with van der Waals surface area (Å²) in [5.41, 5.74) is 3.47. The summed E-state index contributed by atoms with van der Waals surface area (Å²) in [6.07, 6.45) is 4.09. The number of carbonyl (C=O) groups excluding carboxylic acids is 2. The standard InChI is InChI=1S/C24H27N3O2/c1-19(28)27-12-11-21-9-5-6-10-22(21)23(27)17-24(29)26-15-13-25(14-16-26)18-20-7-3-2-4-8-20/h2-12,23H,13-18H2,1H3/p+1/t23-/m0/s1. The Balaban J connectivity index is 1.39. The number of carbonyl (C=O) groups is 2. The Morgan fingerprint density at radius 1 is 1.00 bits per heavy atom. The van der Waals surface area contributed by atoms with Gasteiger partial charge in [0, 0.05) is 18.7 Å². The van der Waals surface area contributed by atoms with Crippen LogP contribution < -0.4 is 4.90 Å². The number of hydrogen-bond donors (Lipinski definition) is 1. The molecule has 0 unspecified atom stereocenters. The van der Waals surface area contributed by atoms with Gasteiger partial charge >= 0.3 is 0 Å². The van der Waals surface area contributed by atoms with Gasteiger partial charge in [0.15, 0.2) is 0 Å². The Bertz CT molecular complexity index is 901. The maximum atomic E-state index is 13.1. The third kappa shape index (κ3) is 4.40. The molecule has 4 rings (SSSR count). The van der Waals surface area contributed by atoms with Gasteiger partial charge in [0.1, 0.15) is 6.54 Å². The molecule has 1 N–H and O–H groups in total. The highest BCUT2D eigenvalue weighted by atomic mass is 16.2. The van der Waals surface area contributed by atoms with Crippen LogP contribution in [0.2, 0.25) is 0 Å². The van der Waals surface area contributed by atoms with Crippen molar-refractivity contribution in [3.05, 3.63) is 77.5 Å². The van der Waals surface area contributed by atoms with Gasteiger partial charge in [-0.1, -0.05) is 54.6 Å². The Morgan fingerprint density at radius 3 is 2.41 bits per heavy atom. The molecule has 29 heavy (non-hydrogen) atoms. The smallest absolute Gasteiger partial charge is 0.225 e. The van der Waals surface area contributed by atoms with E-state index in [1.165, 1.54) is 10.5 Å². The lowest BCUT2D eigenvalue weighted by atomic mass is 9.93. The van der Waals surface area contributed by atoms with Gasteiger partial charge in [-0.3, -0.25) is 9.59 Å². The third-order valence-electron chi connectivity index (χ3n) is 5.96. The fourth-order valence-corrected chi connectivity index (χ4v) is 4.34. The van der Waals surface area contributed by atoms with Crippen LogP contribution in [-0.4, -0.2) is 47.8 Å². The summed E-state index contributed by atoms with van der Waals surface area (Å²) in [5.74, 6) is 0.0933. The molecule has 1 saturated heterocycles. The van der Waals surface area contributed by atoms with E-state index in [-0.39, 0.29) is 17.9 Å². The van der Waals surface area contributed by atoms with Crippen LogP contribution in [0.3, 0.4) is 0 Å². The molecular formula is C24H28N3O2+. The Labute approximate surface area is 172 Å². The molecule has 0 aromatic heterocycles. The van der Waals surface area contributed by atoms with E-state index in [9.17, 15) is 9.59 Å². The van der Waals surface area contributed by atoms with Gasteiger partial charge < -0.3 is 14.7 Å². The summed E-state index contributed by atoms with van der Waals surface area (Å²) < 4.78 is 0. The van der Waals surface area contributed by atoms with Crippen molar-refractivity contribution in [1.29, 1.82) is 0 Å². The summed E-state index contributed by atoms with van der Waals surface area (Å²) in [5, 5.41) is 0. The lowest BCUT2D eigenvalue weighted by molar-refractivity contribution is -0.917. The van der Waals surface area contributed by atoms with Gasteiger partial charge in [-0.2, -0.15) is 0 Å². The van der Waals surface area contributed by atoms with Crippen molar-refractivity contribution in [2.24, 2.45) is 0 Å². The first-order valence-electron chi connectivity index (χ1n) is 10.3. The molecule has 1 fully saturated rings. The van der Waals surface area contributed by atoms with E-state index in [2.05, 4.69) is 24.3 Å².